The van der Waals surface area contributed by atoms with Gasteiger partial charge in [0, 0.05) is 0 Å². The molecule has 0 fully saturated rings. The summed E-state index contributed by atoms with van der Waals surface area (Å²) in [5.41, 5.74) is 2.51. The van der Waals surface area contributed by atoms with E-state index in [4.69, 9.17) is 10.2 Å². The van der Waals surface area contributed by atoms with E-state index in [1.807, 2.05) is 32.1 Å². The highest BCUT2D eigenvalue weighted by Gasteiger charge is 2.11. The molecule has 0 spiro atoms. The van der Waals surface area contributed by atoms with Crippen LogP contribution in [-0.4, -0.2) is 30.0 Å². The Kier molecular flexibility index (Phi) is 4.23. The zero-order chi connectivity index (χ0) is 15.4. The summed E-state index contributed by atoms with van der Waals surface area (Å²) in [5.74, 6) is -2.17. The fourth-order valence-electron chi connectivity index (χ4n) is 1.99. The van der Waals surface area contributed by atoms with E-state index in [1.165, 1.54) is 18.2 Å². The molecular formula is C16H13BO4. The topological polar surface area (TPSA) is 74.6 Å². The van der Waals surface area contributed by atoms with E-state index in [-0.39, 0.29) is 11.1 Å². The number of carbonyl (C=O) groups is 2. The van der Waals surface area contributed by atoms with Gasteiger partial charge >= 0.3 is 11.9 Å². The van der Waals surface area contributed by atoms with Crippen LogP contribution >= 0.6 is 0 Å². The second kappa shape index (κ2) is 6.09. The normalized spacial score (nSPS) is 10.7. The summed E-state index contributed by atoms with van der Waals surface area (Å²) < 4.78 is 0. The van der Waals surface area contributed by atoms with Gasteiger partial charge in [-0.3, -0.25) is 0 Å². The van der Waals surface area contributed by atoms with Crippen molar-refractivity contribution in [3.05, 3.63) is 64.7 Å². The zero-order valence-electron chi connectivity index (χ0n) is 11.4. The number of benzene rings is 2. The molecule has 21 heavy (non-hydrogen) atoms. The molecule has 5 heteroatoms. The molecule has 0 unspecified atom stereocenters. The van der Waals surface area contributed by atoms with Gasteiger partial charge < -0.3 is 10.2 Å². The highest BCUT2D eigenvalue weighted by molar-refractivity contribution is 6.32. The van der Waals surface area contributed by atoms with Crippen LogP contribution < -0.4 is 5.46 Å². The molecule has 2 aromatic carbocycles. The van der Waals surface area contributed by atoms with Gasteiger partial charge in [0.05, 0.1) is 11.1 Å². The fraction of sp³-hybridized carbons (Fsp3) is 0. The van der Waals surface area contributed by atoms with Crippen molar-refractivity contribution >= 4 is 37.4 Å². The predicted octanol–water partition coefficient (Wildman–Crippen LogP) is 1.51. The zero-order valence-corrected chi connectivity index (χ0v) is 11.4. The first-order valence-corrected chi connectivity index (χ1v) is 6.33. The summed E-state index contributed by atoms with van der Waals surface area (Å²) in [7, 11) is 1.96. The maximum atomic E-state index is 11.2. The van der Waals surface area contributed by atoms with Crippen LogP contribution in [0, 0.1) is 0 Å². The van der Waals surface area contributed by atoms with Crippen molar-refractivity contribution in [3.63, 3.8) is 0 Å². The molecule has 2 N–H and O–H groups in total. The van der Waals surface area contributed by atoms with Crippen LogP contribution in [-0.2, 0) is 0 Å². The van der Waals surface area contributed by atoms with Gasteiger partial charge in [-0.2, -0.15) is 0 Å². The Balaban J connectivity index is 2.43. The van der Waals surface area contributed by atoms with Crippen molar-refractivity contribution in [2.75, 3.05) is 0 Å². The average molecular weight is 280 g/mol. The third-order valence-corrected chi connectivity index (χ3v) is 3.03. The van der Waals surface area contributed by atoms with Crippen molar-refractivity contribution in [3.8, 4) is 0 Å². The summed E-state index contributed by atoms with van der Waals surface area (Å²) in [6.45, 7) is 0. The summed E-state index contributed by atoms with van der Waals surface area (Å²) >= 11 is 0. The van der Waals surface area contributed by atoms with Gasteiger partial charge in [-0.1, -0.05) is 41.9 Å². The first-order valence-electron chi connectivity index (χ1n) is 6.33. The van der Waals surface area contributed by atoms with Gasteiger partial charge in [-0.05, 0) is 29.3 Å². The molecule has 4 nitrogen and oxygen atoms in total. The molecule has 0 aliphatic heterocycles. The maximum absolute atomic E-state index is 11.2. The number of carboxylic acid groups (broad SMARTS) is 2. The number of aromatic carboxylic acids is 2. The Morgan fingerprint density at radius 1 is 0.952 bits per heavy atom. The molecule has 0 radical (unpaired) electrons. The standard InChI is InChI=1S/C16H13BO4/c17-13-3-1-2-10(8-13)4-5-11-9-12(15(18)19)6-7-14(11)16(20)21/h1-9H,17H2,(H,18,19)(H,20,21)/b5-4+. The summed E-state index contributed by atoms with van der Waals surface area (Å²) in [6, 6.07) is 11.7. The van der Waals surface area contributed by atoms with Gasteiger partial charge in [0.2, 0.25) is 0 Å². The van der Waals surface area contributed by atoms with E-state index >= 15 is 0 Å². The largest absolute Gasteiger partial charge is 0.478 e. The van der Waals surface area contributed by atoms with Gasteiger partial charge in [0.25, 0.3) is 0 Å². The molecular weight excluding hydrogens is 267 g/mol. The molecule has 0 atom stereocenters. The van der Waals surface area contributed by atoms with Crippen LogP contribution in [0.15, 0.2) is 42.5 Å². The Morgan fingerprint density at radius 2 is 1.71 bits per heavy atom. The van der Waals surface area contributed by atoms with Crippen molar-refractivity contribution in [1.29, 1.82) is 0 Å². The second-order valence-electron chi connectivity index (χ2n) is 4.66. The fourth-order valence-corrected chi connectivity index (χ4v) is 1.99. The van der Waals surface area contributed by atoms with E-state index in [0.717, 1.165) is 11.0 Å². The van der Waals surface area contributed by atoms with Crippen molar-refractivity contribution in [2.24, 2.45) is 0 Å². The van der Waals surface area contributed by atoms with E-state index in [2.05, 4.69) is 0 Å². The lowest BCUT2D eigenvalue weighted by Gasteiger charge is -2.03. The minimum Gasteiger partial charge on any atom is -0.478 e. The van der Waals surface area contributed by atoms with Crippen LogP contribution in [0.5, 0.6) is 0 Å². The number of hydrogen-bond donors (Lipinski definition) is 2. The first-order chi connectivity index (χ1) is 9.97. The Morgan fingerprint density at radius 3 is 2.33 bits per heavy atom. The molecule has 0 bridgehead atoms. The minimum absolute atomic E-state index is 0.0592. The molecule has 2 aromatic rings. The third kappa shape index (κ3) is 3.60. The van der Waals surface area contributed by atoms with Gasteiger partial charge in [0.15, 0.2) is 0 Å². The highest BCUT2D eigenvalue weighted by Crippen LogP contribution is 2.16. The maximum Gasteiger partial charge on any atom is 0.336 e. The lowest BCUT2D eigenvalue weighted by molar-refractivity contribution is 0.0681. The summed E-state index contributed by atoms with van der Waals surface area (Å²) in [4.78, 5) is 22.2. The van der Waals surface area contributed by atoms with Crippen molar-refractivity contribution in [1.82, 2.24) is 0 Å². The average Bonchev–Trinajstić information content (AvgIpc) is 2.44. The first kappa shape index (κ1) is 14.6. The Bertz CT molecular complexity index is 735. The van der Waals surface area contributed by atoms with Crippen LogP contribution in [0.4, 0.5) is 0 Å². The lowest BCUT2D eigenvalue weighted by atomic mass is 9.94. The van der Waals surface area contributed by atoms with E-state index in [1.54, 1.807) is 12.2 Å². The molecule has 0 aliphatic rings. The molecule has 0 aliphatic carbocycles. The molecule has 0 heterocycles. The smallest absolute Gasteiger partial charge is 0.336 e. The van der Waals surface area contributed by atoms with E-state index < -0.39 is 11.9 Å². The van der Waals surface area contributed by atoms with Crippen molar-refractivity contribution in [2.45, 2.75) is 0 Å². The Labute approximate surface area is 122 Å². The van der Waals surface area contributed by atoms with Crippen LogP contribution in [0.1, 0.15) is 31.8 Å². The van der Waals surface area contributed by atoms with E-state index in [9.17, 15) is 9.59 Å². The molecule has 0 saturated carbocycles. The third-order valence-electron chi connectivity index (χ3n) is 3.03. The lowest BCUT2D eigenvalue weighted by Crippen LogP contribution is -2.03. The van der Waals surface area contributed by atoms with Crippen molar-refractivity contribution < 1.29 is 19.8 Å². The van der Waals surface area contributed by atoms with Gasteiger partial charge in [-0.25, -0.2) is 9.59 Å². The molecule has 2 rings (SSSR count). The molecule has 0 aromatic heterocycles. The molecule has 0 saturated heterocycles. The minimum atomic E-state index is -1.09. The molecule has 0 amide bonds. The van der Waals surface area contributed by atoms with Crippen LogP contribution in [0.3, 0.4) is 0 Å². The van der Waals surface area contributed by atoms with Gasteiger partial charge in [-0.15, -0.1) is 0 Å². The summed E-state index contributed by atoms with van der Waals surface area (Å²) in [6.07, 6.45) is 3.38. The second-order valence-corrected chi connectivity index (χ2v) is 4.66. The SMILES string of the molecule is Bc1cccc(/C=C/c2cc(C(=O)O)ccc2C(=O)O)c1. The number of rotatable bonds is 4. The predicted molar refractivity (Wildman–Crippen MR) is 83.9 cm³/mol. The highest BCUT2D eigenvalue weighted by atomic mass is 16.4. The van der Waals surface area contributed by atoms with Gasteiger partial charge in [0.1, 0.15) is 7.85 Å². The van der Waals surface area contributed by atoms with E-state index in [0.29, 0.717) is 5.56 Å². The monoisotopic (exact) mass is 280 g/mol. The summed E-state index contributed by atoms with van der Waals surface area (Å²) in [5, 5.41) is 18.1. The quantitative estimate of drug-likeness (QED) is 0.657. The number of carboxylic acids is 2. The Hall–Kier alpha value is -2.82. The molecule has 104 valence electrons. The number of hydrogen-bond acceptors (Lipinski definition) is 2. The van der Waals surface area contributed by atoms with Crippen LogP contribution in [0.2, 0.25) is 0 Å². The van der Waals surface area contributed by atoms with Crippen LogP contribution in [0.25, 0.3) is 12.2 Å².